The molecule has 3 aromatic rings. The van der Waals surface area contributed by atoms with Crippen LogP contribution < -0.4 is 15.6 Å². The van der Waals surface area contributed by atoms with E-state index in [-0.39, 0.29) is 24.0 Å². The predicted octanol–water partition coefficient (Wildman–Crippen LogP) is 4.55. The van der Waals surface area contributed by atoms with E-state index in [2.05, 4.69) is 25.7 Å². The summed E-state index contributed by atoms with van der Waals surface area (Å²) in [6.45, 7) is 10.3. The van der Waals surface area contributed by atoms with Crippen molar-refractivity contribution in [2.45, 2.75) is 52.0 Å². The Morgan fingerprint density at radius 3 is 2.79 bits per heavy atom. The number of hydrogen-bond acceptors (Lipinski definition) is 6. The molecular formula is C25H26ClN3O4. The van der Waals surface area contributed by atoms with Gasteiger partial charge in [-0.15, -0.1) is 0 Å². The van der Waals surface area contributed by atoms with Gasteiger partial charge in [0.05, 0.1) is 46.8 Å². The number of rotatable bonds is 4. The van der Waals surface area contributed by atoms with Crippen LogP contribution >= 0.6 is 11.6 Å². The Labute approximate surface area is 196 Å². The van der Waals surface area contributed by atoms with Crippen LogP contribution in [0.3, 0.4) is 0 Å². The fraction of sp³-hybridized carbons (Fsp3) is 0.360. The maximum atomic E-state index is 13.5. The van der Waals surface area contributed by atoms with E-state index in [1.54, 1.807) is 17.7 Å². The first-order valence-corrected chi connectivity index (χ1v) is 11.4. The molecule has 0 amide bonds. The number of pyridine rings is 2. The number of anilines is 1. The zero-order valence-corrected chi connectivity index (χ0v) is 19.8. The molecule has 5 rings (SSSR count). The number of methoxy groups -OCH3 is 1. The lowest BCUT2D eigenvalue weighted by molar-refractivity contribution is -0.0172. The molecule has 172 valence electrons. The average Bonchev–Trinajstić information content (AvgIpc) is 3.15. The molecule has 0 fully saturated rings. The third-order valence-corrected chi connectivity index (χ3v) is 6.86. The molecule has 33 heavy (non-hydrogen) atoms. The third kappa shape index (κ3) is 3.06. The highest BCUT2D eigenvalue weighted by atomic mass is 35.5. The number of halogens is 1. The summed E-state index contributed by atoms with van der Waals surface area (Å²) in [5, 5.41) is 16.2. The fourth-order valence-corrected chi connectivity index (χ4v) is 5.04. The number of nitrogens with one attached hydrogen (secondary N) is 1. The van der Waals surface area contributed by atoms with Crippen LogP contribution in [0.1, 0.15) is 43.9 Å². The molecule has 0 spiro atoms. The van der Waals surface area contributed by atoms with E-state index in [4.69, 9.17) is 26.1 Å². The lowest BCUT2D eigenvalue weighted by atomic mass is 9.84. The summed E-state index contributed by atoms with van der Waals surface area (Å²) in [6, 6.07) is 5.67. The minimum Gasteiger partial charge on any atom is -0.495 e. The van der Waals surface area contributed by atoms with E-state index in [1.807, 2.05) is 19.1 Å². The quantitative estimate of drug-likeness (QED) is 0.458. The van der Waals surface area contributed by atoms with E-state index in [9.17, 15) is 9.90 Å². The maximum absolute atomic E-state index is 13.5. The van der Waals surface area contributed by atoms with E-state index in [0.717, 1.165) is 16.6 Å². The number of aromatic nitrogens is 2. The van der Waals surface area contributed by atoms with Crippen molar-refractivity contribution in [3.8, 4) is 17.1 Å². The Hall–Kier alpha value is -3.03. The van der Waals surface area contributed by atoms with E-state index >= 15 is 0 Å². The molecule has 2 aromatic heterocycles. The molecule has 0 saturated heterocycles. The normalized spacial score (nSPS) is 18.7. The van der Waals surface area contributed by atoms with Gasteiger partial charge in [0.25, 0.3) is 5.56 Å². The van der Waals surface area contributed by atoms with Crippen molar-refractivity contribution in [1.82, 2.24) is 9.55 Å². The van der Waals surface area contributed by atoms with Gasteiger partial charge in [0.15, 0.2) is 0 Å². The summed E-state index contributed by atoms with van der Waals surface area (Å²) < 4.78 is 12.7. The Kier molecular flexibility index (Phi) is 4.95. The van der Waals surface area contributed by atoms with Crippen molar-refractivity contribution >= 4 is 28.2 Å². The SMILES string of the molecule is C=C1OCc2c(cc3n(c2=O)Cc2c-3nc3cc(Cl)c(OC)cc3c2NC(C)C)[C@@]1(O)CC. The topological polar surface area (TPSA) is 85.6 Å². The molecule has 2 aliphatic heterocycles. The molecule has 0 bridgehead atoms. The molecule has 2 N–H and O–H groups in total. The van der Waals surface area contributed by atoms with Gasteiger partial charge in [0, 0.05) is 22.6 Å². The van der Waals surface area contributed by atoms with E-state index < -0.39 is 5.60 Å². The van der Waals surface area contributed by atoms with Crippen molar-refractivity contribution in [3.05, 3.63) is 62.6 Å². The van der Waals surface area contributed by atoms with Crippen molar-refractivity contribution in [3.63, 3.8) is 0 Å². The second-order valence-electron chi connectivity index (χ2n) is 8.86. The minimum atomic E-state index is -1.42. The van der Waals surface area contributed by atoms with Crippen molar-refractivity contribution in [1.29, 1.82) is 0 Å². The van der Waals surface area contributed by atoms with Gasteiger partial charge in [-0.3, -0.25) is 4.79 Å². The predicted molar refractivity (Wildman–Crippen MR) is 129 cm³/mol. The largest absolute Gasteiger partial charge is 0.495 e. The van der Waals surface area contributed by atoms with Crippen LogP contribution in [0.15, 0.2) is 35.3 Å². The molecule has 0 aliphatic carbocycles. The summed E-state index contributed by atoms with van der Waals surface area (Å²) in [6.07, 6.45) is 0.343. The molecule has 0 unspecified atom stereocenters. The van der Waals surface area contributed by atoms with Crippen molar-refractivity contribution < 1.29 is 14.6 Å². The maximum Gasteiger partial charge on any atom is 0.258 e. The fourth-order valence-electron chi connectivity index (χ4n) is 4.81. The van der Waals surface area contributed by atoms with Gasteiger partial charge >= 0.3 is 0 Å². The number of fused-ring (bicyclic) bond motifs is 5. The minimum absolute atomic E-state index is 0.0885. The Bertz CT molecular complexity index is 1400. The van der Waals surface area contributed by atoms with Crippen LogP contribution in [-0.2, 0) is 23.5 Å². The molecule has 8 heteroatoms. The van der Waals surface area contributed by atoms with E-state index in [0.29, 0.717) is 51.8 Å². The van der Waals surface area contributed by atoms with Crippen molar-refractivity contribution in [2.75, 3.05) is 12.4 Å². The number of hydrogen-bond donors (Lipinski definition) is 2. The lowest BCUT2D eigenvalue weighted by Gasteiger charge is -2.35. The molecule has 0 saturated carbocycles. The van der Waals surface area contributed by atoms with Gasteiger partial charge in [0.1, 0.15) is 23.7 Å². The van der Waals surface area contributed by atoms with Crippen molar-refractivity contribution in [2.24, 2.45) is 0 Å². The molecule has 4 heterocycles. The van der Waals surface area contributed by atoms with Gasteiger partial charge in [-0.25, -0.2) is 4.98 Å². The first-order valence-electron chi connectivity index (χ1n) is 11.0. The highest BCUT2D eigenvalue weighted by Crippen LogP contribution is 2.45. The highest BCUT2D eigenvalue weighted by molar-refractivity contribution is 6.33. The monoisotopic (exact) mass is 467 g/mol. The molecule has 0 radical (unpaired) electrons. The summed E-state index contributed by atoms with van der Waals surface area (Å²) in [5.41, 5.74) is 3.26. The van der Waals surface area contributed by atoms with Crippen LogP contribution in [0.5, 0.6) is 5.75 Å². The Morgan fingerprint density at radius 2 is 2.12 bits per heavy atom. The van der Waals surface area contributed by atoms with Gasteiger partial charge < -0.3 is 24.5 Å². The van der Waals surface area contributed by atoms with Gasteiger partial charge in [-0.1, -0.05) is 25.1 Å². The lowest BCUT2D eigenvalue weighted by Crippen LogP contribution is -2.38. The second-order valence-corrected chi connectivity index (χ2v) is 9.26. The molecule has 2 aliphatic rings. The molecule has 1 aromatic carbocycles. The molecule has 7 nitrogen and oxygen atoms in total. The number of benzene rings is 1. The zero-order chi connectivity index (χ0) is 23.7. The third-order valence-electron chi connectivity index (χ3n) is 6.56. The Morgan fingerprint density at radius 1 is 1.36 bits per heavy atom. The van der Waals surface area contributed by atoms with Gasteiger partial charge in [-0.2, -0.15) is 0 Å². The standard InChI is InChI=1S/C25H26ClN3O4/c1-6-25(31)13(4)33-11-16-17(25)8-20-23-15(10-29(20)24(16)30)22(27-12(2)3)14-7-21(32-5)18(26)9-19(14)28-23/h7-9,12,31H,4,6,10-11H2,1-3,5H3,(H,27,28)/t25-/m1/s1. The first-order chi connectivity index (χ1) is 15.7. The van der Waals surface area contributed by atoms with Crippen LogP contribution in [0.25, 0.3) is 22.3 Å². The summed E-state index contributed by atoms with van der Waals surface area (Å²) in [5.74, 6) is 0.817. The summed E-state index contributed by atoms with van der Waals surface area (Å²) in [4.78, 5) is 18.4. The second kappa shape index (κ2) is 7.50. The van der Waals surface area contributed by atoms with Crippen LogP contribution in [-0.4, -0.2) is 27.8 Å². The number of nitrogens with zero attached hydrogens (tertiary/aromatic N) is 2. The first kappa shape index (κ1) is 21.8. The zero-order valence-electron chi connectivity index (χ0n) is 19.1. The highest BCUT2D eigenvalue weighted by Gasteiger charge is 2.41. The number of aliphatic hydroxyl groups is 1. The molecule has 1 atom stereocenters. The van der Waals surface area contributed by atoms with Crippen LogP contribution in [0.2, 0.25) is 5.02 Å². The number of ether oxygens (including phenoxy) is 2. The smallest absolute Gasteiger partial charge is 0.258 e. The summed E-state index contributed by atoms with van der Waals surface area (Å²) in [7, 11) is 1.58. The van der Waals surface area contributed by atoms with Crippen LogP contribution in [0, 0.1) is 0 Å². The van der Waals surface area contributed by atoms with Crippen LogP contribution in [0.4, 0.5) is 5.69 Å². The summed E-state index contributed by atoms with van der Waals surface area (Å²) >= 11 is 6.41. The van der Waals surface area contributed by atoms with E-state index in [1.165, 1.54) is 0 Å². The Balaban J connectivity index is 1.83. The average molecular weight is 468 g/mol. The molecular weight excluding hydrogens is 442 g/mol. The van der Waals surface area contributed by atoms with Gasteiger partial charge in [-0.05, 0) is 38.5 Å². The van der Waals surface area contributed by atoms with Gasteiger partial charge in [0.2, 0.25) is 0 Å².